The molecular formula is C20H25ClN4O4S. The molecule has 1 aliphatic heterocycles. The lowest BCUT2D eigenvalue weighted by Crippen LogP contribution is -2.30. The fraction of sp³-hybridized carbons (Fsp3) is 0.450. The van der Waals surface area contributed by atoms with Crippen molar-refractivity contribution in [3.63, 3.8) is 0 Å². The Morgan fingerprint density at radius 1 is 1.30 bits per heavy atom. The number of nitrogens with zero attached hydrogens (tertiary/aromatic N) is 4. The molecule has 0 N–H and O–H groups in total. The lowest BCUT2D eigenvalue weighted by atomic mass is 10.3. The first-order valence-electron chi connectivity index (χ1n) is 9.71. The quantitative estimate of drug-likeness (QED) is 0.568. The molecule has 0 bridgehead atoms. The van der Waals surface area contributed by atoms with Crippen LogP contribution in [0.4, 0.5) is 5.95 Å². The molecule has 2 heterocycles. The van der Waals surface area contributed by atoms with Gasteiger partial charge in [-0.25, -0.2) is 18.4 Å². The molecule has 8 nitrogen and oxygen atoms in total. The van der Waals surface area contributed by atoms with E-state index in [9.17, 15) is 13.2 Å². The van der Waals surface area contributed by atoms with Gasteiger partial charge in [-0.2, -0.15) is 0 Å². The molecule has 0 spiro atoms. The molecule has 10 heteroatoms. The van der Waals surface area contributed by atoms with Crippen LogP contribution in [0.3, 0.4) is 0 Å². The zero-order chi connectivity index (χ0) is 21.7. The van der Waals surface area contributed by atoms with E-state index in [1.165, 1.54) is 23.2 Å². The van der Waals surface area contributed by atoms with Crippen LogP contribution in [0.5, 0.6) is 5.75 Å². The van der Waals surface area contributed by atoms with E-state index >= 15 is 0 Å². The highest BCUT2D eigenvalue weighted by molar-refractivity contribution is 7.90. The molecule has 1 saturated heterocycles. The highest BCUT2D eigenvalue weighted by atomic mass is 35.5. The average molecular weight is 453 g/mol. The standard InChI is InChI=1S/C20H25ClN4O4S/c1-24(9-6-12-29-15-7-5-8-16(13-15)30(2,27)28)19(26)18-17(21)14-22-20(23-18)25-10-3-4-11-25/h5,7-8,13-14H,3-4,6,9-12H2,1-2H3. The second-order valence-electron chi connectivity index (χ2n) is 7.24. The van der Waals surface area contributed by atoms with Gasteiger partial charge in [0, 0.05) is 32.9 Å². The zero-order valence-corrected chi connectivity index (χ0v) is 18.6. The molecule has 1 amide bonds. The molecule has 2 aromatic rings. The van der Waals surface area contributed by atoms with Crippen LogP contribution in [0, 0.1) is 0 Å². The lowest BCUT2D eigenvalue weighted by molar-refractivity contribution is 0.0782. The van der Waals surface area contributed by atoms with E-state index in [0.717, 1.165) is 32.2 Å². The van der Waals surface area contributed by atoms with Gasteiger partial charge < -0.3 is 14.5 Å². The summed E-state index contributed by atoms with van der Waals surface area (Å²) in [4.78, 5) is 25.2. The largest absolute Gasteiger partial charge is 0.493 e. The summed E-state index contributed by atoms with van der Waals surface area (Å²) in [5, 5.41) is 0.226. The van der Waals surface area contributed by atoms with Crippen LogP contribution in [0.25, 0.3) is 0 Å². The first-order valence-corrected chi connectivity index (χ1v) is 12.0. The number of carbonyl (C=O) groups excluding carboxylic acids is 1. The molecule has 1 aromatic heterocycles. The van der Waals surface area contributed by atoms with Crippen molar-refractivity contribution in [1.29, 1.82) is 0 Å². The van der Waals surface area contributed by atoms with E-state index in [1.807, 2.05) is 4.90 Å². The molecule has 162 valence electrons. The SMILES string of the molecule is CN(CCCOc1cccc(S(C)(=O)=O)c1)C(=O)c1nc(N2CCCC2)ncc1Cl. The Morgan fingerprint density at radius 2 is 2.03 bits per heavy atom. The number of halogens is 1. The van der Waals surface area contributed by atoms with Crippen LogP contribution < -0.4 is 9.64 Å². The van der Waals surface area contributed by atoms with Crippen LogP contribution in [0.1, 0.15) is 29.8 Å². The number of hydrogen-bond acceptors (Lipinski definition) is 7. The number of ether oxygens (including phenoxy) is 1. The number of carbonyl (C=O) groups is 1. The van der Waals surface area contributed by atoms with Crippen LogP contribution in [0.2, 0.25) is 5.02 Å². The summed E-state index contributed by atoms with van der Waals surface area (Å²) in [7, 11) is -1.60. The zero-order valence-electron chi connectivity index (χ0n) is 17.0. The second-order valence-corrected chi connectivity index (χ2v) is 9.66. The van der Waals surface area contributed by atoms with E-state index in [1.54, 1.807) is 19.2 Å². The number of anilines is 1. The van der Waals surface area contributed by atoms with E-state index in [-0.39, 0.29) is 21.5 Å². The predicted octanol–water partition coefficient (Wildman–Crippen LogP) is 2.67. The van der Waals surface area contributed by atoms with E-state index < -0.39 is 9.84 Å². The summed E-state index contributed by atoms with van der Waals surface area (Å²) in [6.07, 6.45) is 5.36. The number of aromatic nitrogens is 2. The Hall–Kier alpha value is -2.39. The van der Waals surface area contributed by atoms with E-state index in [0.29, 0.717) is 31.3 Å². The minimum Gasteiger partial charge on any atom is -0.493 e. The molecule has 0 radical (unpaired) electrons. The Kier molecular flexibility index (Phi) is 7.14. The van der Waals surface area contributed by atoms with Crippen molar-refractivity contribution in [2.24, 2.45) is 0 Å². The molecular weight excluding hydrogens is 428 g/mol. The lowest BCUT2D eigenvalue weighted by Gasteiger charge is -2.19. The van der Waals surface area contributed by atoms with E-state index in [4.69, 9.17) is 16.3 Å². The number of amides is 1. The molecule has 1 aromatic carbocycles. The van der Waals surface area contributed by atoms with Gasteiger partial charge in [0.15, 0.2) is 15.5 Å². The molecule has 1 aliphatic rings. The van der Waals surface area contributed by atoms with Gasteiger partial charge >= 0.3 is 0 Å². The van der Waals surface area contributed by atoms with Crippen LogP contribution >= 0.6 is 11.6 Å². The van der Waals surface area contributed by atoms with Gasteiger partial charge in [-0.3, -0.25) is 4.79 Å². The highest BCUT2D eigenvalue weighted by Gasteiger charge is 2.21. The van der Waals surface area contributed by atoms with Gasteiger partial charge in [-0.15, -0.1) is 0 Å². The third-order valence-corrected chi connectivity index (χ3v) is 6.20. The molecule has 0 saturated carbocycles. The normalized spacial score (nSPS) is 14.0. The van der Waals surface area contributed by atoms with Gasteiger partial charge in [-0.1, -0.05) is 17.7 Å². The fourth-order valence-electron chi connectivity index (χ4n) is 3.15. The van der Waals surface area contributed by atoms with Crippen molar-refractivity contribution in [2.45, 2.75) is 24.2 Å². The van der Waals surface area contributed by atoms with Crippen LogP contribution in [-0.4, -0.2) is 68.7 Å². The van der Waals surface area contributed by atoms with Gasteiger partial charge in [0.1, 0.15) is 5.75 Å². The van der Waals surface area contributed by atoms with Gasteiger partial charge in [0.25, 0.3) is 5.91 Å². The summed E-state index contributed by atoms with van der Waals surface area (Å²) in [5.41, 5.74) is 0.192. The third-order valence-electron chi connectivity index (χ3n) is 4.81. The molecule has 0 unspecified atom stereocenters. The highest BCUT2D eigenvalue weighted by Crippen LogP contribution is 2.21. The first kappa shape index (κ1) is 22.3. The smallest absolute Gasteiger partial charge is 0.273 e. The molecule has 30 heavy (non-hydrogen) atoms. The Balaban J connectivity index is 1.54. The minimum atomic E-state index is -3.29. The molecule has 1 fully saturated rings. The van der Waals surface area contributed by atoms with E-state index in [2.05, 4.69) is 9.97 Å². The minimum absolute atomic E-state index is 0.192. The predicted molar refractivity (Wildman–Crippen MR) is 115 cm³/mol. The summed E-state index contributed by atoms with van der Waals surface area (Å²) in [5.74, 6) is 0.727. The van der Waals surface area contributed by atoms with Crippen molar-refractivity contribution in [2.75, 3.05) is 44.4 Å². The molecule has 0 aliphatic carbocycles. The maximum absolute atomic E-state index is 12.8. The summed E-state index contributed by atoms with van der Waals surface area (Å²) in [6.45, 7) is 2.53. The molecule has 0 atom stereocenters. The van der Waals surface area contributed by atoms with Crippen molar-refractivity contribution < 1.29 is 17.9 Å². The van der Waals surface area contributed by atoms with Crippen molar-refractivity contribution in [3.8, 4) is 5.75 Å². The third kappa shape index (κ3) is 5.60. The number of hydrogen-bond donors (Lipinski definition) is 0. The first-order chi connectivity index (χ1) is 14.3. The van der Waals surface area contributed by atoms with Crippen molar-refractivity contribution in [1.82, 2.24) is 14.9 Å². The molecule has 3 rings (SSSR count). The van der Waals surface area contributed by atoms with Crippen LogP contribution in [0.15, 0.2) is 35.4 Å². The summed E-state index contributed by atoms with van der Waals surface area (Å²) >= 11 is 6.17. The maximum Gasteiger partial charge on any atom is 0.273 e. The Bertz CT molecular complexity index is 1010. The van der Waals surface area contributed by atoms with Gasteiger partial charge in [-0.05, 0) is 37.5 Å². The second kappa shape index (κ2) is 9.61. The number of sulfone groups is 1. The number of benzene rings is 1. The van der Waals surface area contributed by atoms with Gasteiger partial charge in [0.2, 0.25) is 5.95 Å². The monoisotopic (exact) mass is 452 g/mol. The maximum atomic E-state index is 12.8. The topological polar surface area (TPSA) is 92.7 Å². The van der Waals surface area contributed by atoms with Crippen molar-refractivity contribution >= 4 is 33.3 Å². The Labute approximate surface area is 181 Å². The Morgan fingerprint density at radius 3 is 2.73 bits per heavy atom. The fourth-order valence-corrected chi connectivity index (χ4v) is 3.97. The summed E-state index contributed by atoms with van der Waals surface area (Å²) in [6, 6.07) is 6.35. The average Bonchev–Trinajstić information content (AvgIpc) is 3.25. The van der Waals surface area contributed by atoms with Gasteiger partial charge in [0.05, 0.1) is 22.7 Å². The number of rotatable bonds is 8. The van der Waals surface area contributed by atoms with Crippen LogP contribution in [-0.2, 0) is 9.84 Å². The van der Waals surface area contributed by atoms with Crippen molar-refractivity contribution in [3.05, 3.63) is 41.2 Å². The summed E-state index contributed by atoms with van der Waals surface area (Å²) < 4.78 is 28.9.